The molecule has 0 saturated heterocycles. The maximum Gasteiger partial charge on any atom is 0.234 e. The van der Waals surface area contributed by atoms with E-state index in [1.165, 1.54) is 0 Å². The Hall–Kier alpha value is 0.511. The second-order valence-corrected chi connectivity index (χ2v) is 29.2. The van der Waals surface area contributed by atoms with Crippen molar-refractivity contribution in [2.24, 2.45) is 0 Å². The summed E-state index contributed by atoms with van der Waals surface area (Å²) in [7, 11) is -8.35. The van der Waals surface area contributed by atoms with Gasteiger partial charge in [-0.25, -0.2) is 0 Å². The van der Waals surface area contributed by atoms with Crippen molar-refractivity contribution in [1.29, 1.82) is 0 Å². The van der Waals surface area contributed by atoms with Gasteiger partial charge in [0, 0.05) is 0 Å². The Bertz CT molecular complexity index is 269. The molecule has 0 radical (unpaired) electrons. The van der Waals surface area contributed by atoms with Gasteiger partial charge < -0.3 is 8.22 Å². The van der Waals surface area contributed by atoms with Gasteiger partial charge in [0.05, 0.1) is 0 Å². The highest BCUT2D eigenvalue weighted by atomic mass is 29.7. The molecule has 0 bridgehead atoms. The molecule has 0 saturated carbocycles. The van der Waals surface area contributed by atoms with Gasteiger partial charge >= 0.3 is 0 Å². The minimum Gasteiger partial charge on any atom is -0.318 e. The summed E-state index contributed by atoms with van der Waals surface area (Å²) < 4.78 is 33.2. The highest BCUT2D eigenvalue weighted by Crippen LogP contribution is 2.48. The van der Waals surface area contributed by atoms with E-state index in [1.54, 1.807) is 0 Å². The Kier molecular flexibility index (Phi) is 11.4. The third-order valence-corrected chi connectivity index (χ3v) is 41.3. The van der Waals surface area contributed by atoms with Gasteiger partial charge in [-0.2, -0.15) is 0 Å². The molecule has 0 amide bonds. The second kappa shape index (κ2) is 11.2. The Labute approximate surface area is 147 Å². The summed E-state index contributed by atoms with van der Waals surface area (Å²) in [4.78, 5) is 0. The van der Waals surface area contributed by atoms with E-state index in [0.29, 0.717) is 0 Å². The first-order chi connectivity index (χ1) is 10.9. The molecule has 0 aliphatic heterocycles. The fourth-order valence-electron chi connectivity index (χ4n) is 5.07. The lowest BCUT2D eigenvalue weighted by Crippen LogP contribution is -2.74. The van der Waals surface area contributed by atoms with E-state index in [9.17, 15) is 0 Å². The van der Waals surface area contributed by atoms with Crippen LogP contribution in [0.25, 0.3) is 0 Å². The Morgan fingerprint density at radius 2 is 0.652 bits per heavy atom. The second-order valence-electron chi connectivity index (χ2n) is 7.51. The number of rotatable bonds is 14. The van der Waals surface area contributed by atoms with Crippen molar-refractivity contribution in [3.8, 4) is 0 Å². The average molecular weight is 381 g/mol. The molecule has 0 aliphatic carbocycles. The van der Waals surface area contributed by atoms with E-state index >= 15 is 8.22 Å². The van der Waals surface area contributed by atoms with Gasteiger partial charge in [0.15, 0.2) is 0 Å². The molecular weight excluding hydrogens is 338 g/mol. The summed E-state index contributed by atoms with van der Waals surface area (Å²) in [6, 6.07) is 4.81. The van der Waals surface area contributed by atoms with Crippen molar-refractivity contribution in [3.05, 3.63) is 0 Å². The van der Waals surface area contributed by atoms with Crippen LogP contribution >= 0.6 is 0 Å². The van der Waals surface area contributed by atoms with E-state index in [-0.39, 0.29) is 0 Å². The molecule has 0 N–H and O–H groups in total. The van der Waals surface area contributed by atoms with Crippen molar-refractivity contribution < 1.29 is 8.22 Å². The SMILES string of the molecule is CCC[Si](F)(CCC)[Si](CCC)(CCC)[Si](F)(CCC)CCC. The lowest BCUT2D eigenvalue weighted by molar-refractivity contribution is 0.732. The predicted octanol–water partition coefficient (Wildman–Crippen LogP) is 7.88. The molecular formula is C18H42F2Si3. The van der Waals surface area contributed by atoms with Crippen molar-refractivity contribution in [3.63, 3.8) is 0 Å². The predicted molar refractivity (Wildman–Crippen MR) is 110 cm³/mol. The van der Waals surface area contributed by atoms with Crippen LogP contribution in [0.1, 0.15) is 80.1 Å². The summed E-state index contributed by atoms with van der Waals surface area (Å²) in [5.74, 6) is 0. The number of halogens is 2. The third-order valence-electron chi connectivity index (χ3n) is 5.65. The van der Waals surface area contributed by atoms with Gasteiger partial charge in [-0.15, -0.1) is 0 Å². The summed E-state index contributed by atoms with van der Waals surface area (Å²) in [5, 5.41) is 0. The fraction of sp³-hybridized carbons (Fsp3) is 1.00. The summed E-state index contributed by atoms with van der Waals surface area (Å²) >= 11 is 0. The van der Waals surface area contributed by atoms with Crippen LogP contribution in [0.2, 0.25) is 36.3 Å². The fourth-order valence-corrected chi connectivity index (χ4v) is 46.5. The van der Waals surface area contributed by atoms with E-state index in [2.05, 4.69) is 41.5 Å². The van der Waals surface area contributed by atoms with E-state index in [0.717, 1.165) is 74.8 Å². The largest absolute Gasteiger partial charge is 0.318 e. The third kappa shape index (κ3) is 5.24. The van der Waals surface area contributed by atoms with Crippen LogP contribution in [-0.4, -0.2) is 23.0 Å². The first-order valence-corrected chi connectivity index (χ1v) is 19.2. The molecule has 0 atom stereocenters. The molecule has 140 valence electrons. The van der Waals surface area contributed by atoms with Crippen LogP contribution < -0.4 is 0 Å². The van der Waals surface area contributed by atoms with Crippen LogP contribution in [0, 0.1) is 0 Å². The van der Waals surface area contributed by atoms with Crippen molar-refractivity contribution >= 4 is 23.0 Å². The summed E-state index contributed by atoms with van der Waals surface area (Å²) in [6.45, 7) is 12.8. The first-order valence-electron chi connectivity index (χ1n) is 10.2. The molecule has 0 aromatic rings. The van der Waals surface area contributed by atoms with Crippen LogP contribution in [0.4, 0.5) is 8.22 Å². The lowest BCUT2D eigenvalue weighted by Gasteiger charge is -2.50. The monoisotopic (exact) mass is 380 g/mol. The average Bonchev–Trinajstić information content (AvgIpc) is 2.47. The zero-order valence-corrected chi connectivity index (χ0v) is 19.7. The molecule has 5 heteroatoms. The van der Waals surface area contributed by atoms with E-state index in [1.807, 2.05) is 0 Å². The smallest absolute Gasteiger partial charge is 0.234 e. The van der Waals surface area contributed by atoms with Gasteiger partial charge in [0.2, 0.25) is 15.9 Å². The molecule has 0 rings (SSSR count). The normalized spacial score (nSPS) is 13.6. The molecule has 0 aromatic carbocycles. The minimum absolute atomic E-state index is 0.735. The lowest BCUT2D eigenvalue weighted by atomic mass is 10.6. The maximum atomic E-state index is 16.6. The molecule has 0 fully saturated rings. The van der Waals surface area contributed by atoms with Crippen LogP contribution in [0.5, 0.6) is 0 Å². The van der Waals surface area contributed by atoms with E-state index < -0.39 is 23.0 Å². The maximum absolute atomic E-state index is 16.6. The molecule has 23 heavy (non-hydrogen) atoms. The Morgan fingerprint density at radius 3 is 0.826 bits per heavy atom. The molecule has 0 aromatic heterocycles. The zero-order chi connectivity index (χ0) is 18.0. The molecule has 0 nitrogen and oxygen atoms in total. The quantitative estimate of drug-likeness (QED) is 0.212. The summed E-state index contributed by atoms with van der Waals surface area (Å²) in [5.41, 5.74) is 0. The van der Waals surface area contributed by atoms with Crippen molar-refractivity contribution in [2.75, 3.05) is 0 Å². The highest BCUT2D eigenvalue weighted by molar-refractivity contribution is 7.67. The highest BCUT2D eigenvalue weighted by Gasteiger charge is 2.67. The van der Waals surface area contributed by atoms with Crippen LogP contribution in [-0.2, 0) is 0 Å². The molecule has 0 aliphatic rings. The molecule has 0 heterocycles. The van der Waals surface area contributed by atoms with Gasteiger partial charge in [-0.05, 0) is 24.2 Å². The Morgan fingerprint density at radius 1 is 0.435 bits per heavy atom. The topological polar surface area (TPSA) is 0 Å². The van der Waals surface area contributed by atoms with E-state index in [4.69, 9.17) is 0 Å². The zero-order valence-electron chi connectivity index (χ0n) is 16.7. The summed E-state index contributed by atoms with van der Waals surface area (Å²) in [6.07, 6.45) is 5.62. The standard InChI is InChI=1S/C18H42F2Si3/c1-7-13-21(19,14-8-2)23(17-11-5,18-12-6)22(20,15-9-3)16-10-4/h7-18H2,1-6H3. The van der Waals surface area contributed by atoms with Crippen LogP contribution in [0.3, 0.4) is 0 Å². The van der Waals surface area contributed by atoms with Gasteiger partial charge in [-0.3, -0.25) is 0 Å². The van der Waals surface area contributed by atoms with Crippen molar-refractivity contribution in [2.45, 2.75) is 116 Å². The van der Waals surface area contributed by atoms with Gasteiger partial charge in [0.25, 0.3) is 0 Å². The first kappa shape index (κ1) is 23.5. The van der Waals surface area contributed by atoms with Gasteiger partial charge in [-0.1, -0.05) is 92.2 Å². The van der Waals surface area contributed by atoms with Crippen LogP contribution in [0.15, 0.2) is 0 Å². The number of hydrogen-bond donors (Lipinski definition) is 0. The molecule has 0 spiro atoms. The number of hydrogen-bond acceptors (Lipinski definition) is 0. The Balaban J connectivity index is 6.20. The minimum atomic E-state index is -2.96. The molecule has 0 unspecified atom stereocenters. The van der Waals surface area contributed by atoms with Crippen molar-refractivity contribution in [1.82, 2.24) is 0 Å². The van der Waals surface area contributed by atoms with Gasteiger partial charge in [0.1, 0.15) is 7.11 Å².